The Labute approximate surface area is 159 Å². The largest absolute Gasteiger partial charge is 0.453 e. The molecule has 1 amide bonds. The molecule has 0 unspecified atom stereocenters. The van der Waals surface area contributed by atoms with Crippen molar-refractivity contribution in [2.24, 2.45) is 0 Å². The first-order chi connectivity index (χ1) is 13.3. The van der Waals surface area contributed by atoms with E-state index in [4.69, 9.17) is 9.47 Å². The van der Waals surface area contributed by atoms with Crippen molar-refractivity contribution in [2.45, 2.75) is 18.6 Å². The topological polar surface area (TPSA) is 91.2 Å². The summed E-state index contributed by atoms with van der Waals surface area (Å²) in [6.07, 6.45) is 3.29. The maximum atomic E-state index is 12.2. The van der Waals surface area contributed by atoms with Gasteiger partial charge in [-0.05, 0) is 19.1 Å². The maximum absolute atomic E-state index is 12.2. The van der Waals surface area contributed by atoms with Gasteiger partial charge in [0.1, 0.15) is 0 Å². The highest BCUT2D eigenvalue weighted by atomic mass is 32.2. The molecule has 138 valence electrons. The van der Waals surface area contributed by atoms with Crippen molar-refractivity contribution in [3.63, 3.8) is 0 Å². The second-order valence-electron chi connectivity index (χ2n) is 5.67. The van der Waals surface area contributed by atoms with E-state index >= 15 is 0 Å². The third kappa shape index (κ3) is 3.59. The number of aromatic nitrogens is 4. The Kier molecular flexibility index (Phi) is 4.93. The normalized spacial score (nSPS) is 12.2. The number of benzene rings is 1. The summed E-state index contributed by atoms with van der Waals surface area (Å²) in [6, 6.07) is 9.35. The number of fused-ring (bicyclic) bond motifs is 1. The van der Waals surface area contributed by atoms with Crippen LogP contribution in [-0.4, -0.2) is 38.2 Å². The van der Waals surface area contributed by atoms with Crippen LogP contribution in [0, 0.1) is 0 Å². The Morgan fingerprint density at radius 1 is 1.22 bits per heavy atom. The lowest BCUT2D eigenvalue weighted by Gasteiger charge is -2.09. The number of para-hydroxylation sites is 1. The van der Waals surface area contributed by atoms with Crippen molar-refractivity contribution in [2.75, 3.05) is 17.9 Å². The summed E-state index contributed by atoms with van der Waals surface area (Å²) in [5.41, 5.74) is 1.49. The van der Waals surface area contributed by atoms with Crippen LogP contribution in [0.5, 0.6) is 11.5 Å². The number of nitrogens with zero attached hydrogens (tertiary/aromatic N) is 4. The summed E-state index contributed by atoms with van der Waals surface area (Å²) in [5, 5.41) is 12.0. The van der Waals surface area contributed by atoms with Crippen LogP contribution in [0.4, 0.5) is 5.69 Å². The number of hydrogen-bond acceptors (Lipinski definition) is 7. The molecule has 2 aromatic heterocycles. The summed E-state index contributed by atoms with van der Waals surface area (Å²) >= 11 is 1.33. The molecular weight excluding hydrogens is 366 g/mol. The Hall–Kier alpha value is -3.07. The summed E-state index contributed by atoms with van der Waals surface area (Å²) in [5.74, 6) is 1.98. The summed E-state index contributed by atoms with van der Waals surface area (Å²) < 4.78 is 12.8. The molecule has 4 rings (SSSR count). The van der Waals surface area contributed by atoms with Crippen LogP contribution in [0.2, 0.25) is 0 Å². The van der Waals surface area contributed by atoms with Gasteiger partial charge < -0.3 is 19.4 Å². The standard InChI is InChI=1S/C18H17N5O3S/c1-2-23-17(13-8-19-9-14-16(13)26-11-25-14)21-22-18(23)27-10-15(24)20-12-6-4-3-5-7-12/h3-9H,2,10-11H2,1H3,(H,20,24). The van der Waals surface area contributed by atoms with E-state index in [1.807, 2.05) is 41.8 Å². The number of hydrogen-bond donors (Lipinski definition) is 1. The van der Waals surface area contributed by atoms with E-state index in [-0.39, 0.29) is 18.5 Å². The molecule has 0 radical (unpaired) electrons. The van der Waals surface area contributed by atoms with Gasteiger partial charge in [0.25, 0.3) is 0 Å². The average Bonchev–Trinajstić information content (AvgIpc) is 3.33. The Balaban J connectivity index is 1.50. The molecular formula is C18H17N5O3S. The summed E-state index contributed by atoms with van der Waals surface area (Å²) in [4.78, 5) is 16.4. The molecule has 3 aromatic rings. The van der Waals surface area contributed by atoms with Gasteiger partial charge in [0.15, 0.2) is 22.5 Å². The van der Waals surface area contributed by atoms with Gasteiger partial charge in [-0.1, -0.05) is 30.0 Å². The van der Waals surface area contributed by atoms with Crippen molar-refractivity contribution in [3.05, 3.63) is 42.7 Å². The molecule has 0 spiro atoms. The highest BCUT2D eigenvalue weighted by molar-refractivity contribution is 7.99. The van der Waals surface area contributed by atoms with Crippen molar-refractivity contribution in [1.82, 2.24) is 19.7 Å². The SMILES string of the molecule is CCn1c(SCC(=O)Nc2ccccc2)nnc1-c1cncc2c1OCO2. The molecule has 1 aromatic carbocycles. The van der Waals surface area contributed by atoms with Crippen LogP contribution in [-0.2, 0) is 11.3 Å². The van der Waals surface area contributed by atoms with Gasteiger partial charge in [-0.25, -0.2) is 0 Å². The molecule has 0 aliphatic carbocycles. The minimum absolute atomic E-state index is 0.0996. The van der Waals surface area contributed by atoms with Crippen molar-refractivity contribution in [3.8, 4) is 22.9 Å². The van der Waals surface area contributed by atoms with Gasteiger partial charge in [-0.3, -0.25) is 9.78 Å². The number of nitrogens with one attached hydrogen (secondary N) is 1. The van der Waals surface area contributed by atoms with Crippen LogP contribution >= 0.6 is 11.8 Å². The average molecular weight is 383 g/mol. The number of amides is 1. The molecule has 0 atom stereocenters. The zero-order valence-electron chi connectivity index (χ0n) is 14.6. The van der Waals surface area contributed by atoms with Gasteiger partial charge in [0, 0.05) is 18.4 Å². The second-order valence-corrected chi connectivity index (χ2v) is 6.62. The first-order valence-electron chi connectivity index (χ1n) is 8.41. The predicted octanol–water partition coefficient (Wildman–Crippen LogP) is 2.82. The van der Waals surface area contributed by atoms with Crippen LogP contribution in [0.3, 0.4) is 0 Å². The molecule has 1 N–H and O–H groups in total. The summed E-state index contributed by atoms with van der Waals surface area (Å²) in [6.45, 7) is 2.81. The van der Waals surface area contributed by atoms with E-state index in [1.54, 1.807) is 12.4 Å². The Morgan fingerprint density at radius 3 is 2.89 bits per heavy atom. The fraction of sp³-hybridized carbons (Fsp3) is 0.222. The molecule has 1 aliphatic heterocycles. The number of carbonyl (C=O) groups excluding carboxylic acids is 1. The van der Waals surface area contributed by atoms with E-state index in [0.717, 1.165) is 11.3 Å². The number of carbonyl (C=O) groups is 1. The van der Waals surface area contributed by atoms with Crippen molar-refractivity contribution < 1.29 is 14.3 Å². The number of thioether (sulfide) groups is 1. The number of pyridine rings is 1. The van der Waals surface area contributed by atoms with E-state index in [1.165, 1.54) is 11.8 Å². The minimum Gasteiger partial charge on any atom is -0.453 e. The van der Waals surface area contributed by atoms with Gasteiger partial charge >= 0.3 is 0 Å². The van der Waals surface area contributed by atoms with Crippen LogP contribution in [0.25, 0.3) is 11.4 Å². The second kappa shape index (κ2) is 7.67. The van der Waals surface area contributed by atoms with Gasteiger partial charge in [-0.15, -0.1) is 10.2 Å². The minimum atomic E-state index is -0.0996. The maximum Gasteiger partial charge on any atom is 0.234 e. The molecule has 0 bridgehead atoms. The third-order valence-electron chi connectivity index (χ3n) is 3.95. The van der Waals surface area contributed by atoms with E-state index in [2.05, 4.69) is 20.5 Å². The predicted molar refractivity (Wildman–Crippen MR) is 101 cm³/mol. The van der Waals surface area contributed by atoms with Gasteiger partial charge in [-0.2, -0.15) is 0 Å². The molecule has 1 aliphatic rings. The van der Waals surface area contributed by atoms with E-state index in [9.17, 15) is 4.79 Å². The smallest absolute Gasteiger partial charge is 0.234 e. The molecule has 27 heavy (non-hydrogen) atoms. The van der Waals surface area contributed by atoms with Crippen molar-refractivity contribution in [1.29, 1.82) is 0 Å². The first-order valence-corrected chi connectivity index (χ1v) is 9.39. The lowest BCUT2D eigenvalue weighted by Crippen LogP contribution is -2.14. The number of anilines is 1. The van der Waals surface area contributed by atoms with E-state index < -0.39 is 0 Å². The quantitative estimate of drug-likeness (QED) is 0.655. The van der Waals surface area contributed by atoms with Gasteiger partial charge in [0.2, 0.25) is 12.7 Å². The highest BCUT2D eigenvalue weighted by Gasteiger charge is 2.24. The Morgan fingerprint density at radius 2 is 2.07 bits per heavy atom. The molecule has 3 heterocycles. The fourth-order valence-electron chi connectivity index (χ4n) is 2.72. The van der Waals surface area contributed by atoms with Crippen LogP contribution in [0.1, 0.15) is 6.92 Å². The lowest BCUT2D eigenvalue weighted by atomic mass is 10.2. The lowest BCUT2D eigenvalue weighted by molar-refractivity contribution is -0.113. The number of rotatable bonds is 6. The molecule has 8 nitrogen and oxygen atoms in total. The Bertz CT molecular complexity index is 961. The molecule has 0 saturated carbocycles. The van der Waals surface area contributed by atoms with E-state index in [0.29, 0.717) is 29.0 Å². The summed E-state index contributed by atoms with van der Waals surface area (Å²) in [7, 11) is 0. The van der Waals surface area contributed by atoms with Crippen LogP contribution in [0.15, 0.2) is 47.9 Å². The fourth-order valence-corrected chi connectivity index (χ4v) is 3.52. The monoisotopic (exact) mass is 383 g/mol. The third-order valence-corrected chi connectivity index (χ3v) is 4.91. The zero-order valence-corrected chi connectivity index (χ0v) is 15.4. The number of ether oxygens (including phenoxy) is 2. The molecule has 9 heteroatoms. The van der Waals surface area contributed by atoms with Crippen LogP contribution < -0.4 is 14.8 Å². The van der Waals surface area contributed by atoms with Gasteiger partial charge in [0.05, 0.1) is 17.5 Å². The highest BCUT2D eigenvalue weighted by Crippen LogP contribution is 2.40. The molecule has 0 fully saturated rings. The zero-order chi connectivity index (χ0) is 18.6. The van der Waals surface area contributed by atoms with Crippen molar-refractivity contribution >= 4 is 23.4 Å². The molecule has 0 saturated heterocycles. The first kappa shape index (κ1) is 17.3.